The third kappa shape index (κ3) is 4.17. The number of halogens is 2. The Bertz CT molecular complexity index is 1320. The lowest BCUT2D eigenvalue weighted by atomic mass is 10.1. The SMILES string of the molecule is COc1ccc(-c2nc3ccccc3c(=O)n2NCc2ccc(Cl)cc2Cl)cc1OC. The van der Waals surface area contributed by atoms with Crippen molar-refractivity contribution in [1.29, 1.82) is 0 Å². The van der Waals surface area contributed by atoms with Crippen molar-refractivity contribution >= 4 is 34.1 Å². The van der Waals surface area contributed by atoms with Gasteiger partial charge in [0.15, 0.2) is 17.3 Å². The zero-order valence-corrected chi connectivity index (χ0v) is 18.4. The molecule has 1 heterocycles. The second-order valence-corrected chi connectivity index (χ2v) is 7.58. The zero-order valence-electron chi connectivity index (χ0n) is 16.9. The van der Waals surface area contributed by atoms with E-state index in [0.717, 1.165) is 5.56 Å². The molecule has 158 valence electrons. The van der Waals surface area contributed by atoms with Crippen LogP contribution in [0.25, 0.3) is 22.3 Å². The van der Waals surface area contributed by atoms with Crippen LogP contribution in [0.4, 0.5) is 0 Å². The Morgan fingerprint density at radius 1 is 0.968 bits per heavy atom. The molecule has 0 fully saturated rings. The molecule has 8 heteroatoms. The van der Waals surface area contributed by atoms with Crippen molar-refractivity contribution in [2.24, 2.45) is 0 Å². The number of hydrogen-bond acceptors (Lipinski definition) is 5. The lowest BCUT2D eigenvalue weighted by Crippen LogP contribution is -2.31. The molecule has 0 spiro atoms. The van der Waals surface area contributed by atoms with E-state index in [9.17, 15) is 4.79 Å². The van der Waals surface area contributed by atoms with Gasteiger partial charge in [0.2, 0.25) is 0 Å². The standard InChI is InChI=1S/C23H19Cl2N3O3/c1-30-20-10-8-14(11-21(20)31-2)22-27-19-6-4-3-5-17(19)23(29)28(22)26-13-15-7-9-16(24)12-18(15)25/h3-12,26H,13H2,1-2H3. The topological polar surface area (TPSA) is 65.4 Å². The number of ether oxygens (including phenoxy) is 2. The van der Waals surface area contributed by atoms with Gasteiger partial charge < -0.3 is 14.9 Å². The monoisotopic (exact) mass is 455 g/mol. The Kier molecular flexibility index (Phi) is 6.02. The van der Waals surface area contributed by atoms with E-state index in [-0.39, 0.29) is 5.56 Å². The number of benzene rings is 3. The third-order valence-corrected chi connectivity index (χ3v) is 5.45. The van der Waals surface area contributed by atoms with Crippen LogP contribution in [0.5, 0.6) is 11.5 Å². The molecule has 0 saturated carbocycles. The summed E-state index contributed by atoms with van der Waals surface area (Å²) in [6, 6.07) is 17.8. The molecule has 1 N–H and O–H groups in total. The highest BCUT2D eigenvalue weighted by molar-refractivity contribution is 6.35. The van der Waals surface area contributed by atoms with Gasteiger partial charge in [-0.15, -0.1) is 0 Å². The molecule has 0 aliphatic carbocycles. The first-order valence-corrected chi connectivity index (χ1v) is 10.2. The minimum atomic E-state index is -0.222. The number of rotatable bonds is 6. The first-order valence-electron chi connectivity index (χ1n) is 9.44. The van der Waals surface area contributed by atoms with Crippen LogP contribution in [-0.4, -0.2) is 23.9 Å². The van der Waals surface area contributed by atoms with Crippen LogP contribution < -0.4 is 20.5 Å². The predicted molar refractivity (Wildman–Crippen MR) is 124 cm³/mol. The van der Waals surface area contributed by atoms with Crippen molar-refractivity contribution < 1.29 is 9.47 Å². The summed E-state index contributed by atoms with van der Waals surface area (Å²) in [6.07, 6.45) is 0. The second-order valence-electron chi connectivity index (χ2n) is 6.73. The molecule has 0 unspecified atom stereocenters. The highest BCUT2D eigenvalue weighted by atomic mass is 35.5. The summed E-state index contributed by atoms with van der Waals surface area (Å²) in [6.45, 7) is 0.302. The summed E-state index contributed by atoms with van der Waals surface area (Å²) in [5.41, 5.74) is 5.02. The molecule has 0 atom stereocenters. The van der Waals surface area contributed by atoms with Crippen LogP contribution in [0, 0.1) is 0 Å². The highest BCUT2D eigenvalue weighted by Crippen LogP contribution is 2.31. The number of hydrogen-bond donors (Lipinski definition) is 1. The molecule has 0 aliphatic rings. The Hall–Kier alpha value is -3.22. The van der Waals surface area contributed by atoms with E-state index in [4.69, 9.17) is 37.7 Å². The van der Waals surface area contributed by atoms with E-state index in [2.05, 4.69) is 5.43 Å². The molecule has 0 bridgehead atoms. The Morgan fingerprint density at radius 3 is 2.48 bits per heavy atom. The van der Waals surface area contributed by atoms with Crippen LogP contribution in [0.3, 0.4) is 0 Å². The number of fused-ring (bicyclic) bond motifs is 1. The van der Waals surface area contributed by atoms with Gasteiger partial charge in [0.05, 0.1) is 31.7 Å². The van der Waals surface area contributed by atoms with Crippen LogP contribution >= 0.6 is 23.2 Å². The molecule has 4 aromatic rings. The zero-order chi connectivity index (χ0) is 22.0. The van der Waals surface area contributed by atoms with Crippen molar-refractivity contribution in [2.45, 2.75) is 6.54 Å². The van der Waals surface area contributed by atoms with Gasteiger partial charge in [0, 0.05) is 15.6 Å². The fourth-order valence-corrected chi connectivity index (χ4v) is 3.75. The van der Waals surface area contributed by atoms with Gasteiger partial charge in [-0.3, -0.25) is 4.79 Å². The van der Waals surface area contributed by atoms with Gasteiger partial charge in [0.1, 0.15) is 0 Å². The summed E-state index contributed by atoms with van der Waals surface area (Å²) in [5.74, 6) is 1.56. The number of nitrogens with one attached hydrogen (secondary N) is 1. The summed E-state index contributed by atoms with van der Waals surface area (Å²) in [5, 5.41) is 1.56. The average Bonchev–Trinajstić information content (AvgIpc) is 2.79. The molecular weight excluding hydrogens is 437 g/mol. The molecule has 31 heavy (non-hydrogen) atoms. The molecule has 0 aliphatic heterocycles. The van der Waals surface area contributed by atoms with E-state index in [1.165, 1.54) is 4.68 Å². The predicted octanol–water partition coefficient (Wildman–Crippen LogP) is 5.13. The van der Waals surface area contributed by atoms with Gasteiger partial charge in [-0.1, -0.05) is 41.4 Å². The maximum atomic E-state index is 13.3. The largest absolute Gasteiger partial charge is 0.493 e. The normalized spacial score (nSPS) is 10.8. The highest BCUT2D eigenvalue weighted by Gasteiger charge is 2.15. The minimum absolute atomic E-state index is 0.222. The first-order chi connectivity index (χ1) is 15.0. The van der Waals surface area contributed by atoms with E-state index in [1.807, 2.05) is 24.3 Å². The number of aromatic nitrogens is 2. The van der Waals surface area contributed by atoms with Crippen molar-refractivity contribution in [1.82, 2.24) is 9.66 Å². The summed E-state index contributed by atoms with van der Waals surface area (Å²) in [7, 11) is 3.13. The van der Waals surface area contributed by atoms with Crippen LogP contribution in [0.15, 0.2) is 65.5 Å². The minimum Gasteiger partial charge on any atom is -0.493 e. The lowest BCUT2D eigenvalue weighted by molar-refractivity contribution is 0.355. The lowest BCUT2D eigenvalue weighted by Gasteiger charge is -2.17. The summed E-state index contributed by atoms with van der Waals surface area (Å²) in [4.78, 5) is 18.0. The summed E-state index contributed by atoms with van der Waals surface area (Å²) >= 11 is 12.3. The van der Waals surface area contributed by atoms with Gasteiger partial charge >= 0.3 is 0 Å². The van der Waals surface area contributed by atoms with E-state index < -0.39 is 0 Å². The fraction of sp³-hybridized carbons (Fsp3) is 0.130. The van der Waals surface area contributed by atoms with Crippen LogP contribution in [-0.2, 0) is 6.54 Å². The maximum absolute atomic E-state index is 13.3. The molecule has 0 radical (unpaired) electrons. The van der Waals surface area contributed by atoms with E-state index in [0.29, 0.717) is 50.4 Å². The van der Waals surface area contributed by atoms with E-state index >= 15 is 0 Å². The quantitative estimate of drug-likeness (QED) is 0.436. The van der Waals surface area contributed by atoms with Gasteiger partial charge in [-0.05, 0) is 48.0 Å². The first kappa shape index (κ1) is 21.0. The van der Waals surface area contributed by atoms with Crippen molar-refractivity contribution in [2.75, 3.05) is 19.6 Å². The van der Waals surface area contributed by atoms with Gasteiger partial charge in [0.25, 0.3) is 5.56 Å². The Labute approximate surface area is 188 Å². The number of para-hydroxylation sites is 1. The molecule has 1 aromatic heterocycles. The second kappa shape index (κ2) is 8.88. The molecule has 0 saturated heterocycles. The van der Waals surface area contributed by atoms with Crippen molar-refractivity contribution in [3.63, 3.8) is 0 Å². The van der Waals surface area contributed by atoms with Crippen LogP contribution in [0.2, 0.25) is 10.0 Å². The Balaban J connectivity index is 1.85. The summed E-state index contributed by atoms with van der Waals surface area (Å²) < 4.78 is 12.2. The Morgan fingerprint density at radius 2 is 1.74 bits per heavy atom. The smallest absolute Gasteiger partial charge is 0.280 e. The molecule has 3 aromatic carbocycles. The molecule has 4 rings (SSSR count). The molecule has 6 nitrogen and oxygen atoms in total. The van der Waals surface area contributed by atoms with Crippen molar-refractivity contribution in [3.05, 3.63) is 86.6 Å². The van der Waals surface area contributed by atoms with E-state index in [1.54, 1.807) is 50.6 Å². The van der Waals surface area contributed by atoms with Gasteiger partial charge in [-0.25, -0.2) is 9.66 Å². The fourth-order valence-electron chi connectivity index (χ4n) is 3.28. The average molecular weight is 456 g/mol. The maximum Gasteiger partial charge on any atom is 0.280 e. The van der Waals surface area contributed by atoms with Crippen LogP contribution in [0.1, 0.15) is 5.56 Å². The van der Waals surface area contributed by atoms with Gasteiger partial charge in [-0.2, -0.15) is 0 Å². The molecular formula is C23H19Cl2N3O3. The number of methoxy groups -OCH3 is 2. The molecule has 0 amide bonds. The number of nitrogens with zero attached hydrogens (tertiary/aromatic N) is 2. The third-order valence-electron chi connectivity index (χ3n) is 4.86. The van der Waals surface area contributed by atoms with Crippen molar-refractivity contribution in [3.8, 4) is 22.9 Å².